The first-order valence-electron chi connectivity index (χ1n) is 5.83. The van der Waals surface area contributed by atoms with E-state index in [-0.39, 0.29) is 11.8 Å². The van der Waals surface area contributed by atoms with Crippen LogP contribution in [-0.4, -0.2) is 11.8 Å². The van der Waals surface area contributed by atoms with Crippen LogP contribution in [0.3, 0.4) is 0 Å². The van der Waals surface area contributed by atoms with Crippen molar-refractivity contribution in [1.29, 1.82) is 0 Å². The summed E-state index contributed by atoms with van der Waals surface area (Å²) in [7, 11) is 0. The molecular weight excluding hydrogens is 353 g/mol. The van der Waals surface area contributed by atoms with Crippen molar-refractivity contribution in [2.24, 2.45) is 0 Å². The van der Waals surface area contributed by atoms with E-state index in [9.17, 15) is 9.59 Å². The minimum absolute atomic E-state index is 0.248. The van der Waals surface area contributed by atoms with Crippen LogP contribution in [0.25, 0.3) is 0 Å². The van der Waals surface area contributed by atoms with E-state index in [2.05, 4.69) is 22.6 Å². The van der Waals surface area contributed by atoms with Crippen molar-refractivity contribution in [3.05, 3.63) is 62.7 Å². The van der Waals surface area contributed by atoms with Crippen LogP contribution in [0.15, 0.2) is 42.5 Å². The molecule has 0 saturated carbocycles. The van der Waals surface area contributed by atoms with Gasteiger partial charge in [-0.15, -0.1) is 0 Å². The number of aryl methyl sites for hydroxylation is 1. The van der Waals surface area contributed by atoms with E-state index in [1.54, 1.807) is 24.3 Å². The molecule has 0 saturated heterocycles. The number of amides is 2. The average molecular weight is 363 g/mol. The van der Waals surface area contributed by atoms with E-state index in [0.717, 1.165) is 9.13 Å². The van der Waals surface area contributed by atoms with Crippen LogP contribution < -0.4 is 4.90 Å². The predicted molar refractivity (Wildman–Crippen MR) is 81.5 cm³/mol. The molecule has 0 aliphatic carbocycles. The summed E-state index contributed by atoms with van der Waals surface area (Å²) in [6.45, 7) is 1.98. The molecule has 1 heterocycles. The maximum Gasteiger partial charge on any atom is 0.266 e. The molecular formula is C15H10INO2. The van der Waals surface area contributed by atoms with Crippen molar-refractivity contribution in [3.63, 3.8) is 0 Å². The van der Waals surface area contributed by atoms with Crippen LogP contribution in [0.1, 0.15) is 26.3 Å². The Kier molecular flexibility index (Phi) is 2.89. The number of anilines is 1. The molecule has 94 valence electrons. The normalized spacial score (nSPS) is 13.9. The van der Waals surface area contributed by atoms with E-state index in [1.807, 2.05) is 25.1 Å². The summed E-state index contributed by atoms with van der Waals surface area (Å²) in [5.41, 5.74) is 2.70. The number of carbonyl (C=O) groups excluding carboxylic acids is 2. The lowest BCUT2D eigenvalue weighted by Crippen LogP contribution is -2.30. The summed E-state index contributed by atoms with van der Waals surface area (Å²) < 4.78 is 0.895. The molecule has 0 spiro atoms. The van der Waals surface area contributed by atoms with E-state index in [0.29, 0.717) is 16.8 Å². The van der Waals surface area contributed by atoms with Crippen molar-refractivity contribution in [1.82, 2.24) is 0 Å². The lowest BCUT2D eigenvalue weighted by atomic mass is 10.1. The Morgan fingerprint density at radius 3 is 2.05 bits per heavy atom. The van der Waals surface area contributed by atoms with Crippen molar-refractivity contribution in [2.45, 2.75) is 6.92 Å². The standard InChI is InChI=1S/C15H10INO2/c1-9-6-7-13(12(16)8-9)17-14(18)10-4-2-3-5-11(10)15(17)19/h2-8H,1H3. The predicted octanol–water partition coefficient (Wildman–Crippen LogP) is 3.40. The molecule has 0 atom stereocenters. The molecule has 4 heteroatoms. The number of halogens is 1. The molecule has 1 aliphatic heterocycles. The van der Waals surface area contributed by atoms with E-state index >= 15 is 0 Å². The van der Waals surface area contributed by atoms with Gasteiger partial charge in [0, 0.05) is 3.57 Å². The first-order chi connectivity index (χ1) is 9.09. The summed E-state index contributed by atoms with van der Waals surface area (Å²) in [6.07, 6.45) is 0. The van der Waals surface area contributed by atoms with Gasteiger partial charge in [0.05, 0.1) is 16.8 Å². The van der Waals surface area contributed by atoms with Gasteiger partial charge < -0.3 is 0 Å². The van der Waals surface area contributed by atoms with Crippen LogP contribution in [0, 0.1) is 10.5 Å². The van der Waals surface area contributed by atoms with Gasteiger partial charge in [0.15, 0.2) is 0 Å². The lowest BCUT2D eigenvalue weighted by molar-refractivity contribution is 0.0926. The third-order valence-electron chi connectivity index (χ3n) is 3.14. The minimum Gasteiger partial charge on any atom is -0.268 e. The second kappa shape index (κ2) is 4.45. The number of carbonyl (C=O) groups is 2. The van der Waals surface area contributed by atoms with Gasteiger partial charge in [-0.05, 0) is 59.3 Å². The highest BCUT2D eigenvalue weighted by Gasteiger charge is 2.36. The fourth-order valence-electron chi connectivity index (χ4n) is 2.20. The second-order valence-electron chi connectivity index (χ2n) is 4.45. The molecule has 2 aromatic rings. The van der Waals surface area contributed by atoms with Gasteiger partial charge in [0.25, 0.3) is 11.8 Å². The molecule has 0 unspecified atom stereocenters. The molecule has 1 aliphatic rings. The van der Waals surface area contributed by atoms with Crippen molar-refractivity contribution in [2.75, 3.05) is 4.90 Å². The number of benzene rings is 2. The molecule has 0 radical (unpaired) electrons. The van der Waals surface area contributed by atoms with Crippen molar-refractivity contribution in [3.8, 4) is 0 Å². The molecule has 2 aromatic carbocycles. The number of nitrogens with zero attached hydrogens (tertiary/aromatic N) is 1. The number of rotatable bonds is 1. The van der Waals surface area contributed by atoms with E-state index in [4.69, 9.17) is 0 Å². The summed E-state index contributed by atoms with van der Waals surface area (Å²) in [5.74, 6) is -0.496. The topological polar surface area (TPSA) is 37.4 Å². The van der Waals surface area contributed by atoms with Crippen molar-refractivity contribution < 1.29 is 9.59 Å². The van der Waals surface area contributed by atoms with Gasteiger partial charge >= 0.3 is 0 Å². The average Bonchev–Trinajstić information content (AvgIpc) is 2.64. The highest BCUT2D eigenvalue weighted by Crippen LogP contribution is 2.31. The van der Waals surface area contributed by atoms with Crippen LogP contribution in [-0.2, 0) is 0 Å². The highest BCUT2D eigenvalue weighted by atomic mass is 127. The highest BCUT2D eigenvalue weighted by molar-refractivity contribution is 14.1. The molecule has 0 N–H and O–H groups in total. The second-order valence-corrected chi connectivity index (χ2v) is 5.61. The van der Waals surface area contributed by atoms with Crippen LogP contribution >= 0.6 is 22.6 Å². The lowest BCUT2D eigenvalue weighted by Gasteiger charge is -2.16. The number of imide groups is 1. The maximum atomic E-state index is 12.3. The number of hydrogen-bond donors (Lipinski definition) is 0. The Hall–Kier alpha value is -1.69. The van der Waals surface area contributed by atoms with Crippen molar-refractivity contribution >= 4 is 40.1 Å². The zero-order valence-corrected chi connectivity index (χ0v) is 12.3. The van der Waals surface area contributed by atoms with Gasteiger partial charge in [-0.3, -0.25) is 9.59 Å². The van der Waals surface area contributed by atoms with Crippen LogP contribution in [0.4, 0.5) is 5.69 Å². The molecule has 2 amide bonds. The monoisotopic (exact) mass is 363 g/mol. The van der Waals surface area contributed by atoms with E-state index < -0.39 is 0 Å². The molecule has 3 rings (SSSR count). The molecule has 3 nitrogen and oxygen atoms in total. The van der Waals surface area contributed by atoms with Gasteiger partial charge in [-0.25, -0.2) is 4.90 Å². The fraction of sp³-hybridized carbons (Fsp3) is 0.0667. The van der Waals surface area contributed by atoms with Gasteiger partial charge in [0.1, 0.15) is 0 Å². The summed E-state index contributed by atoms with van der Waals surface area (Å²) in [5, 5.41) is 0. The zero-order chi connectivity index (χ0) is 13.6. The SMILES string of the molecule is Cc1ccc(N2C(=O)c3ccccc3C2=O)c(I)c1. The van der Waals surface area contributed by atoms with Crippen LogP contribution in [0.2, 0.25) is 0 Å². The Labute approximate surface area is 124 Å². The maximum absolute atomic E-state index is 12.3. The molecule has 0 aromatic heterocycles. The Bertz CT molecular complexity index is 674. The van der Waals surface area contributed by atoms with Crippen LogP contribution in [0.5, 0.6) is 0 Å². The molecule has 0 bridgehead atoms. The summed E-state index contributed by atoms with van der Waals surface area (Å²) in [4.78, 5) is 25.9. The third-order valence-corrected chi connectivity index (χ3v) is 4.00. The largest absolute Gasteiger partial charge is 0.268 e. The van der Waals surface area contributed by atoms with E-state index in [1.165, 1.54) is 4.90 Å². The van der Waals surface area contributed by atoms with Gasteiger partial charge in [0.2, 0.25) is 0 Å². The quantitative estimate of drug-likeness (QED) is 0.575. The summed E-state index contributed by atoms with van der Waals surface area (Å²) in [6, 6.07) is 12.6. The molecule has 0 fully saturated rings. The van der Waals surface area contributed by atoms with Gasteiger partial charge in [-0.2, -0.15) is 0 Å². The molecule has 19 heavy (non-hydrogen) atoms. The Morgan fingerprint density at radius 2 is 1.53 bits per heavy atom. The summed E-state index contributed by atoms with van der Waals surface area (Å²) >= 11 is 2.15. The Balaban J connectivity index is 2.14. The smallest absolute Gasteiger partial charge is 0.266 e. The third kappa shape index (κ3) is 1.87. The zero-order valence-electron chi connectivity index (χ0n) is 10.2. The number of hydrogen-bond acceptors (Lipinski definition) is 2. The Morgan fingerprint density at radius 1 is 0.947 bits per heavy atom. The first kappa shape index (κ1) is 12.3. The minimum atomic E-state index is -0.248. The number of fused-ring (bicyclic) bond motifs is 1. The fourth-order valence-corrected chi connectivity index (χ4v) is 3.11. The first-order valence-corrected chi connectivity index (χ1v) is 6.91. The van der Waals surface area contributed by atoms with Gasteiger partial charge in [-0.1, -0.05) is 18.2 Å².